The summed E-state index contributed by atoms with van der Waals surface area (Å²) < 4.78 is 1.70. The SMILES string of the molecule is CC1(C)C[C@](C)(O)c2ccccc2[C@H]1n1cncc1C(=O)O. The molecule has 1 aliphatic rings. The average molecular weight is 300 g/mol. The van der Waals surface area contributed by atoms with Crippen LogP contribution in [0.2, 0.25) is 0 Å². The Hall–Kier alpha value is -2.14. The van der Waals surface area contributed by atoms with Crippen LogP contribution in [0.3, 0.4) is 0 Å². The van der Waals surface area contributed by atoms with Gasteiger partial charge in [0, 0.05) is 0 Å². The summed E-state index contributed by atoms with van der Waals surface area (Å²) in [6.45, 7) is 5.91. The van der Waals surface area contributed by atoms with E-state index in [1.807, 2.05) is 45.0 Å². The molecule has 1 aromatic heterocycles. The third-order valence-corrected chi connectivity index (χ3v) is 4.54. The Balaban J connectivity index is 2.25. The third kappa shape index (κ3) is 2.13. The summed E-state index contributed by atoms with van der Waals surface area (Å²) in [5, 5.41) is 20.2. The van der Waals surface area contributed by atoms with Gasteiger partial charge in [-0.1, -0.05) is 38.1 Å². The Kier molecular flexibility index (Phi) is 3.14. The zero-order valence-electron chi connectivity index (χ0n) is 12.9. The van der Waals surface area contributed by atoms with Crippen molar-refractivity contribution in [1.29, 1.82) is 0 Å². The van der Waals surface area contributed by atoms with E-state index in [9.17, 15) is 15.0 Å². The number of rotatable bonds is 2. The monoisotopic (exact) mass is 300 g/mol. The predicted molar refractivity (Wildman–Crippen MR) is 81.7 cm³/mol. The number of carboxylic acid groups (broad SMARTS) is 1. The average Bonchev–Trinajstić information content (AvgIpc) is 2.86. The normalized spacial score (nSPS) is 26.5. The topological polar surface area (TPSA) is 75.3 Å². The summed E-state index contributed by atoms with van der Waals surface area (Å²) in [6.07, 6.45) is 3.47. The standard InChI is InChI=1S/C17H20N2O3/c1-16(2)9-17(3,22)12-7-5-4-6-11(12)14(16)19-10-18-8-13(19)15(20)21/h4-8,10,14,22H,9H2,1-3H3,(H,20,21)/t14-,17+/m1/s1. The summed E-state index contributed by atoms with van der Waals surface area (Å²) in [6, 6.07) is 7.50. The molecule has 5 heteroatoms. The predicted octanol–water partition coefficient (Wildman–Crippen LogP) is 2.81. The first-order valence-corrected chi connectivity index (χ1v) is 7.31. The molecule has 1 aliphatic carbocycles. The smallest absolute Gasteiger partial charge is 0.354 e. The van der Waals surface area contributed by atoms with E-state index >= 15 is 0 Å². The van der Waals surface area contributed by atoms with E-state index in [0.717, 1.165) is 11.1 Å². The van der Waals surface area contributed by atoms with Gasteiger partial charge in [0.1, 0.15) is 5.69 Å². The molecule has 0 aliphatic heterocycles. The number of aliphatic hydroxyl groups is 1. The Labute approximate surface area is 129 Å². The largest absolute Gasteiger partial charge is 0.477 e. The summed E-state index contributed by atoms with van der Waals surface area (Å²) >= 11 is 0. The minimum absolute atomic E-state index is 0.162. The summed E-state index contributed by atoms with van der Waals surface area (Å²) in [5.41, 5.74) is 0.714. The van der Waals surface area contributed by atoms with Crippen LogP contribution in [0, 0.1) is 5.41 Å². The van der Waals surface area contributed by atoms with Crippen molar-refractivity contribution in [3.8, 4) is 0 Å². The van der Waals surface area contributed by atoms with Crippen molar-refractivity contribution in [2.24, 2.45) is 5.41 Å². The lowest BCUT2D eigenvalue weighted by Gasteiger charge is -2.47. The molecule has 5 nitrogen and oxygen atoms in total. The zero-order valence-corrected chi connectivity index (χ0v) is 12.9. The molecule has 0 amide bonds. The second-order valence-electron chi connectivity index (χ2n) is 6.92. The quantitative estimate of drug-likeness (QED) is 0.894. The van der Waals surface area contributed by atoms with Crippen molar-refractivity contribution in [2.75, 3.05) is 0 Å². The van der Waals surface area contributed by atoms with Crippen molar-refractivity contribution >= 4 is 5.97 Å². The lowest BCUT2D eigenvalue weighted by atomic mass is 9.64. The number of nitrogens with zero attached hydrogens (tertiary/aromatic N) is 2. The molecule has 1 heterocycles. The number of fused-ring (bicyclic) bond motifs is 1. The summed E-state index contributed by atoms with van der Waals surface area (Å²) in [7, 11) is 0. The van der Waals surface area contributed by atoms with E-state index in [-0.39, 0.29) is 17.2 Å². The maximum absolute atomic E-state index is 11.5. The molecule has 0 bridgehead atoms. The molecule has 2 aromatic rings. The van der Waals surface area contributed by atoms with Gasteiger partial charge < -0.3 is 14.8 Å². The molecule has 3 rings (SSSR count). The highest BCUT2D eigenvalue weighted by Gasteiger charge is 2.46. The fourth-order valence-corrected chi connectivity index (χ4v) is 3.93. The van der Waals surface area contributed by atoms with Crippen molar-refractivity contribution < 1.29 is 15.0 Å². The first kappa shape index (κ1) is 14.8. The van der Waals surface area contributed by atoms with E-state index in [0.29, 0.717) is 6.42 Å². The van der Waals surface area contributed by atoms with Crippen LogP contribution in [0.25, 0.3) is 0 Å². The number of aromatic carboxylic acids is 1. The molecule has 116 valence electrons. The second-order valence-corrected chi connectivity index (χ2v) is 6.92. The Morgan fingerprint density at radius 3 is 2.68 bits per heavy atom. The van der Waals surface area contributed by atoms with Crippen LogP contribution in [0.1, 0.15) is 54.8 Å². The number of benzene rings is 1. The van der Waals surface area contributed by atoms with Gasteiger partial charge in [-0.05, 0) is 29.9 Å². The number of carboxylic acids is 1. The van der Waals surface area contributed by atoms with Crippen LogP contribution < -0.4 is 0 Å². The molecule has 22 heavy (non-hydrogen) atoms. The summed E-state index contributed by atoms with van der Waals surface area (Å²) in [4.78, 5) is 15.5. The van der Waals surface area contributed by atoms with Gasteiger partial charge in [0.15, 0.2) is 0 Å². The highest BCUT2D eigenvalue weighted by Crippen LogP contribution is 2.52. The van der Waals surface area contributed by atoms with E-state index < -0.39 is 11.6 Å². The molecule has 0 saturated carbocycles. The first-order chi connectivity index (χ1) is 10.2. The fraction of sp³-hybridized carbons (Fsp3) is 0.412. The highest BCUT2D eigenvalue weighted by atomic mass is 16.4. The first-order valence-electron chi connectivity index (χ1n) is 7.31. The van der Waals surface area contributed by atoms with E-state index in [2.05, 4.69) is 4.98 Å². The number of hydrogen-bond acceptors (Lipinski definition) is 3. The maximum Gasteiger partial charge on any atom is 0.354 e. The van der Waals surface area contributed by atoms with Gasteiger partial charge in [-0.15, -0.1) is 0 Å². The van der Waals surface area contributed by atoms with Gasteiger partial charge in [-0.2, -0.15) is 0 Å². The maximum atomic E-state index is 11.5. The molecule has 0 fully saturated rings. The minimum Gasteiger partial charge on any atom is -0.477 e. The van der Waals surface area contributed by atoms with Gasteiger partial charge in [0.25, 0.3) is 0 Å². The molecule has 2 N–H and O–H groups in total. The lowest BCUT2D eigenvalue weighted by Crippen LogP contribution is -2.42. The number of carbonyl (C=O) groups is 1. The Morgan fingerprint density at radius 1 is 1.32 bits per heavy atom. The van der Waals surface area contributed by atoms with Crippen LogP contribution in [-0.4, -0.2) is 25.7 Å². The molecule has 0 spiro atoms. The van der Waals surface area contributed by atoms with E-state index in [1.54, 1.807) is 10.9 Å². The number of hydrogen-bond donors (Lipinski definition) is 2. The molecule has 0 unspecified atom stereocenters. The van der Waals surface area contributed by atoms with Crippen molar-refractivity contribution in [3.05, 3.63) is 53.6 Å². The molecule has 0 saturated heterocycles. The van der Waals surface area contributed by atoms with Crippen LogP contribution in [0.4, 0.5) is 0 Å². The lowest BCUT2D eigenvalue weighted by molar-refractivity contribution is -0.0168. The van der Waals surface area contributed by atoms with Crippen LogP contribution in [-0.2, 0) is 5.60 Å². The van der Waals surface area contributed by atoms with Gasteiger partial charge >= 0.3 is 5.97 Å². The Morgan fingerprint density at radius 2 is 2.00 bits per heavy atom. The summed E-state index contributed by atoms with van der Waals surface area (Å²) in [5.74, 6) is -0.997. The highest BCUT2D eigenvalue weighted by molar-refractivity contribution is 5.85. The minimum atomic E-state index is -0.997. The molecule has 0 radical (unpaired) electrons. The van der Waals surface area contributed by atoms with Crippen molar-refractivity contribution in [2.45, 2.75) is 38.8 Å². The van der Waals surface area contributed by atoms with Gasteiger partial charge in [-0.3, -0.25) is 0 Å². The van der Waals surface area contributed by atoms with Crippen molar-refractivity contribution in [3.63, 3.8) is 0 Å². The van der Waals surface area contributed by atoms with Crippen LogP contribution in [0.15, 0.2) is 36.8 Å². The Bertz CT molecular complexity index is 731. The van der Waals surface area contributed by atoms with Crippen molar-refractivity contribution in [1.82, 2.24) is 9.55 Å². The van der Waals surface area contributed by atoms with Crippen LogP contribution >= 0.6 is 0 Å². The fourth-order valence-electron chi connectivity index (χ4n) is 3.93. The molecule has 1 aromatic carbocycles. The van der Waals surface area contributed by atoms with Gasteiger partial charge in [0.05, 0.1) is 24.2 Å². The molecular weight excluding hydrogens is 280 g/mol. The second kappa shape index (κ2) is 4.68. The van der Waals surface area contributed by atoms with Crippen LogP contribution in [0.5, 0.6) is 0 Å². The third-order valence-electron chi connectivity index (χ3n) is 4.54. The number of aromatic nitrogens is 2. The van der Waals surface area contributed by atoms with E-state index in [4.69, 9.17) is 0 Å². The van der Waals surface area contributed by atoms with Gasteiger partial charge in [-0.25, -0.2) is 9.78 Å². The zero-order chi connectivity index (χ0) is 16.1. The molecule has 2 atom stereocenters. The number of imidazole rings is 1. The van der Waals surface area contributed by atoms with E-state index in [1.165, 1.54) is 6.20 Å². The molecular formula is C17H20N2O3. The van der Waals surface area contributed by atoms with Gasteiger partial charge in [0.2, 0.25) is 0 Å².